The number of aliphatic hydroxyl groups excluding tert-OH is 1. The Morgan fingerprint density at radius 1 is 1.24 bits per heavy atom. The Kier molecular flexibility index (Phi) is 7.23. The molecular weight excluding hydrogens is 462 g/mol. The first-order valence-electron chi connectivity index (χ1n) is 10.9. The van der Waals surface area contributed by atoms with Gasteiger partial charge in [-0.25, -0.2) is 9.97 Å². The molecule has 3 atom stereocenters. The van der Waals surface area contributed by atoms with E-state index >= 15 is 0 Å². The Hall–Kier alpha value is -2.20. The summed E-state index contributed by atoms with van der Waals surface area (Å²) >= 11 is 7.56. The van der Waals surface area contributed by atoms with Gasteiger partial charge in [-0.2, -0.15) is 0 Å². The third-order valence-electron chi connectivity index (χ3n) is 6.39. The molecule has 0 radical (unpaired) electrons. The molecule has 8 nitrogen and oxygen atoms in total. The van der Waals surface area contributed by atoms with Crippen LogP contribution >= 0.6 is 23.4 Å². The topological polar surface area (TPSA) is 98.7 Å². The first kappa shape index (κ1) is 23.9. The van der Waals surface area contributed by atoms with Crippen LogP contribution < -0.4 is 5.32 Å². The van der Waals surface area contributed by atoms with E-state index in [4.69, 9.17) is 11.6 Å². The Morgan fingerprint density at radius 2 is 1.94 bits per heavy atom. The average molecular weight is 490 g/mol. The van der Waals surface area contributed by atoms with Crippen LogP contribution in [0.4, 0.5) is 5.69 Å². The SMILES string of the molecule is CSc1ncc(C(=O)N2CC3CN(CC(O)C(=O)Nc4ccc(C)c(Cl)c4)CC3C2)c(C)n1. The highest BCUT2D eigenvalue weighted by Gasteiger charge is 2.42. The summed E-state index contributed by atoms with van der Waals surface area (Å²) in [5.74, 6) is 0.170. The molecule has 2 N–H and O–H groups in total. The predicted octanol–water partition coefficient (Wildman–Crippen LogP) is 2.47. The van der Waals surface area contributed by atoms with Gasteiger partial charge in [0.2, 0.25) is 0 Å². The van der Waals surface area contributed by atoms with Gasteiger partial charge in [0.05, 0.1) is 11.3 Å². The zero-order chi connectivity index (χ0) is 23.7. The van der Waals surface area contributed by atoms with Gasteiger partial charge < -0.3 is 15.3 Å². The lowest BCUT2D eigenvalue weighted by molar-refractivity contribution is -0.124. The molecule has 2 aliphatic heterocycles. The van der Waals surface area contributed by atoms with Crippen molar-refractivity contribution in [2.75, 3.05) is 44.3 Å². The molecule has 0 aliphatic carbocycles. The number of aryl methyl sites for hydroxylation is 2. The molecule has 0 saturated carbocycles. The van der Waals surface area contributed by atoms with Gasteiger partial charge in [-0.3, -0.25) is 14.5 Å². The highest BCUT2D eigenvalue weighted by molar-refractivity contribution is 7.98. The maximum absolute atomic E-state index is 13.0. The molecule has 3 unspecified atom stereocenters. The number of nitrogens with zero attached hydrogens (tertiary/aromatic N) is 4. The minimum absolute atomic E-state index is 0.0303. The number of carbonyl (C=O) groups is 2. The van der Waals surface area contributed by atoms with Crippen LogP contribution in [0.3, 0.4) is 0 Å². The van der Waals surface area contributed by atoms with E-state index in [-0.39, 0.29) is 12.5 Å². The summed E-state index contributed by atoms with van der Waals surface area (Å²) < 4.78 is 0. The molecule has 10 heteroatoms. The number of rotatable bonds is 6. The fourth-order valence-corrected chi connectivity index (χ4v) is 5.12. The van der Waals surface area contributed by atoms with E-state index < -0.39 is 12.0 Å². The normalized spacial score (nSPS) is 21.2. The molecular formula is C23H28ClN5O3S. The number of halogens is 1. The Bertz CT molecular complexity index is 1050. The predicted molar refractivity (Wildman–Crippen MR) is 129 cm³/mol. The maximum atomic E-state index is 13.0. The van der Waals surface area contributed by atoms with Gasteiger partial charge in [-0.1, -0.05) is 29.4 Å². The minimum atomic E-state index is -1.14. The zero-order valence-electron chi connectivity index (χ0n) is 18.9. The van der Waals surface area contributed by atoms with Gasteiger partial charge in [0.1, 0.15) is 6.10 Å². The maximum Gasteiger partial charge on any atom is 0.257 e. The van der Waals surface area contributed by atoms with Crippen molar-refractivity contribution in [1.29, 1.82) is 0 Å². The summed E-state index contributed by atoms with van der Waals surface area (Å²) in [6.07, 6.45) is 2.38. The second-order valence-corrected chi connectivity index (χ2v) is 9.95. The van der Waals surface area contributed by atoms with Crippen molar-refractivity contribution in [3.63, 3.8) is 0 Å². The Morgan fingerprint density at radius 3 is 2.55 bits per heavy atom. The van der Waals surface area contributed by atoms with E-state index in [1.54, 1.807) is 18.3 Å². The number of β-amino-alcohol motifs (C(OH)–C–C–N with tert-alkyl or cyclic N) is 1. The molecule has 2 aliphatic rings. The molecule has 3 heterocycles. The lowest BCUT2D eigenvalue weighted by atomic mass is 10.0. The third-order valence-corrected chi connectivity index (χ3v) is 7.36. The van der Waals surface area contributed by atoms with E-state index in [1.165, 1.54) is 11.8 Å². The van der Waals surface area contributed by atoms with E-state index in [2.05, 4.69) is 20.2 Å². The number of hydrogen-bond donors (Lipinski definition) is 2. The lowest BCUT2D eigenvalue weighted by Crippen LogP contribution is -2.40. The first-order chi connectivity index (χ1) is 15.7. The van der Waals surface area contributed by atoms with Gasteiger partial charge in [0.25, 0.3) is 11.8 Å². The summed E-state index contributed by atoms with van der Waals surface area (Å²) in [6, 6.07) is 5.26. The largest absolute Gasteiger partial charge is 0.382 e. The number of benzene rings is 1. The minimum Gasteiger partial charge on any atom is -0.382 e. The number of thioether (sulfide) groups is 1. The van der Waals surface area contributed by atoms with E-state index in [1.807, 2.05) is 31.1 Å². The average Bonchev–Trinajstić information content (AvgIpc) is 3.34. The van der Waals surface area contributed by atoms with Crippen LogP contribution in [-0.4, -0.2) is 81.8 Å². The standard InChI is InChI=1S/C23H28ClN5O3S/c1-13-4-5-17(6-19(13)24)27-21(31)20(30)12-28-8-15-10-29(11-16(15)9-28)22(32)18-7-25-23(33-3)26-14(18)2/h4-7,15-16,20,30H,8-12H2,1-3H3,(H,27,31). The van der Waals surface area contributed by atoms with Crippen LogP contribution in [0.15, 0.2) is 29.6 Å². The van der Waals surface area contributed by atoms with Crippen molar-refractivity contribution in [3.8, 4) is 0 Å². The summed E-state index contributed by atoms with van der Waals surface area (Å²) in [7, 11) is 0. The number of anilines is 1. The second kappa shape index (κ2) is 9.97. The molecule has 1 aromatic heterocycles. The number of nitrogens with one attached hydrogen (secondary N) is 1. The molecule has 0 bridgehead atoms. The molecule has 176 valence electrons. The highest BCUT2D eigenvalue weighted by atomic mass is 35.5. The number of aliphatic hydroxyl groups is 1. The van der Waals surface area contributed by atoms with Gasteiger partial charge >= 0.3 is 0 Å². The van der Waals surface area contributed by atoms with E-state index in [0.717, 1.165) is 18.7 Å². The van der Waals surface area contributed by atoms with Crippen LogP contribution in [0.2, 0.25) is 5.02 Å². The fraction of sp³-hybridized carbons (Fsp3) is 0.478. The third kappa shape index (κ3) is 5.32. The molecule has 0 spiro atoms. The molecule has 4 rings (SSSR count). The number of aromatic nitrogens is 2. The summed E-state index contributed by atoms with van der Waals surface area (Å²) in [5.41, 5.74) is 2.73. The lowest BCUT2D eigenvalue weighted by Gasteiger charge is -2.23. The highest BCUT2D eigenvalue weighted by Crippen LogP contribution is 2.32. The fourth-order valence-electron chi connectivity index (χ4n) is 4.55. The molecule has 2 amide bonds. The van der Waals surface area contributed by atoms with Crippen molar-refractivity contribution in [2.45, 2.75) is 25.1 Å². The van der Waals surface area contributed by atoms with Crippen molar-refractivity contribution in [1.82, 2.24) is 19.8 Å². The van der Waals surface area contributed by atoms with Crippen LogP contribution in [0.25, 0.3) is 0 Å². The molecule has 2 aromatic rings. The number of hydrogen-bond acceptors (Lipinski definition) is 7. The van der Waals surface area contributed by atoms with Crippen molar-refractivity contribution in [3.05, 3.63) is 46.2 Å². The quantitative estimate of drug-likeness (QED) is 0.475. The molecule has 2 saturated heterocycles. The molecule has 2 fully saturated rings. The van der Waals surface area contributed by atoms with E-state index in [0.29, 0.717) is 52.0 Å². The zero-order valence-corrected chi connectivity index (χ0v) is 20.5. The Balaban J connectivity index is 1.29. The number of likely N-dealkylation sites (tertiary alicyclic amines) is 2. The van der Waals surface area contributed by atoms with Crippen molar-refractivity contribution >= 4 is 40.9 Å². The van der Waals surface area contributed by atoms with Gasteiger partial charge in [-0.15, -0.1) is 0 Å². The number of carbonyl (C=O) groups excluding carboxylic acids is 2. The van der Waals surface area contributed by atoms with Crippen molar-refractivity contribution in [2.24, 2.45) is 11.8 Å². The van der Waals surface area contributed by atoms with Crippen LogP contribution in [0.1, 0.15) is 21.6 Å². The van der Waals surface area contributed by atoms with Crippen molar-refractivity contribution < 1.29 is 14.7 Å². The summed E-state index contributed by atoms with van der Waals surface area (Å²) in [4.78, 5) is 38.0. The molecule has 33 heavy (non-hydrogen) atoms. The number of fused-ring (bicyclic) bond motifs is 1. The number of amides is 2. The van der Waals surface area contributed by atoms with Gasteiger partial charge in [0, 0.05) is 49.6 Å². The monoisotopic (exact) mass is 489 g/mol. The Labute approximate surface area is 202 Å². The van der Waals surface area contributed by atoms with Crippen LogP contribution in [0, 0.1) is 25.7 Å². The van der Waals surface area contributed by atoms with Gasteiger partial charge in [0.15, 0.2) is 5.16 Å². The van der Waals surface area contributed by atoms with Crippen LogP contribution in [0.5, 0.6) is 0 Å². The van der Waals surface area contributed by atoms with E-state index in [9.17, 15) is 14.7 Å². The summed E-state index contributed by atoms with van der Waals surface area (Å²) in [5, 5.41) is 14.4. The molecule has 1 aromatic carbocycles. The second-order valence-electron chi connectivity index (χ2n) is 8.77. The smallest absolute Gasteiger partial charge is 0.257 e. The first-order valence-corrected chi connectivity index (χ1v) is 12.5. The van der Waals surface area contributed by atoms with Crippen LogP contribution in [-0.2, 0) is 4.79 Å². The van der Waals surface area contributed by atoms with Gasteiger partial charge in [-0.05, 0) is 49.6 Å². The summed E-state index contributed by atoms with van der Waals surface area (Å²) in [6.45, 7) is 6.80.